The molecule has 4 heteroatoms. The maximum Gasteiger partial charge on any atom is 0.505 e. The number of rotatable bonds is 8. The maximum absolute atomic E-state index is 5.74. The van der Waals surface area contributed by atoms with Crippen molar-refractivity contribution in [2.45, 2.75) is 40.7 Å². The Morgan fingerprint density at radius 3 is 1.67 bits per heavy atom. The topological polar surface area (TPSA) is 27.7 Å². The summed E-state index contributed by atoms with van der Waals surface area (Å²) in [6, 6.07) is 0.791. The van der Waals surface area contributed by atoms with Gasteiger partial charge in [0.1, 0.15) is 0 Å². The van der Waals surface area contributed by atoms with Gasteiger partial charge in [0, 0.05) is 25.9 Å². The quantitative estimate of drug-likeness (QED) is 0.475. The van der Waals surface area contributed by atoms with Crippen LogP contribution in [0.1, 0.15) is 34.6 Å². The molecule has 0 aliphatic rings. The van der Waals surface area contributed by atoms with E-state index in [1.54, 1.807) is 0 Å². The summed E-state index contributed by atoms with van der Waals surface area (Å²) in [6.07, 6.45) is 2.08. The Hall–Kier alpha value is -0.163. The highest BCUT2D eigenvalue weighted by atomic mass is 28.4. The zero-order valence-corrected chi connectivity index (χ0v) is 11.6. The minimum atomic E-state index is -2.45. The molecule has 0 bridgehead atoms. The third kappa shape index (κ3) is 5.46. The second kappa shape index (κ2) is 8.04. The van der Waals surface area contributed by atoms with Gasteiger partial charge in [-0.25, -0.2) is 0 Å². The summed E-state index contributed by atoms with van der Waals surface area (Å²) in [6.45, 7) is 12.0. The molecule has 0 atom stereocenters. The molecule has 0 fully saturated rings. The average molecular weight is 232 g/mol. The molecule has 0 saturated carbocycles. The minimum absolute atomic E-state index is 0.642. The average Bonchev–Trinajstić information content (AvgIpc) is 2.18. The van der Waals surface area contributed by atoms with Crippen molar-refractivity contribution in [2.75, 3.05) is 19.8 Å². The van der Waals surface area contributed by atoms with Crippen molar-refractivity contribution in [2.24, 2.45) is 0 Å². The van der Waals surface area contributed by atoms with Crippen LogP contribution in [0.15, 0.2) is 11.6 Å². The van der Waals surface area contributed by atoms with Gasteiger partial charge in [-0.2, -0.15) is 0 Å². The molecule has 90 valence electrons. The van der Waals surface area contributed by atoms with E-state index >= 15 is 0 Å². The molecular weight excluding hydrogens is 208 g/mol. The van der Waals surface area contributed by atoms with E-state index in [0.29, 0.717) is 19.8 Å². The van der Waals surface area contributed by atoms with Gasteiger partial charge >= 0.3 is 8.80 Å². The summed E-state index contributed by atoms with van der Waals surface area (Å²) in [5.41, 5.74) is 1.26. The van der Waals surface area contributed by atoms with Crippen LogP contribution in [-0.4, -0.2) is 28.6 Å². The Bertz CT molecular complexity index is 175. The van der Waals surface area contributed by atoms with Crippen LogP contribution in [-0.2, 0) is 13.3 Å². The zero-order chi connectivity index (χ0) is 11.7. The lowest BCUT2D eigenvalue weighted by Gasteiger charge is -2.28. The molecule has 0 amide bonds. The van der Waals surface area contributed by atoms with E-state index in [2.05, 4.69) is 13.0 Å². The summed E-state index contributed by atoms with van der Waals surface area (Å²) in [5.74, 6) is 0. The first-order chi connectivity index (χ1) is 7.14. The molecule has 0 aliphatic carbocycles. The molecule has 0 rings (SSSR count). The van der Waals surface area contributed by atoms with Crippen LogP contribution in [0.5, 0.6) is 0 Å². The van der Waals surface area contributed by atoms with Gasteiger partial charge in [-0.3, -0.25) is 0 Å². The molecule has 0 saturated heterocycles. The normalized spacial score (nSPS) is 13.3. The van der Waals surface area contributed by atoms with Gasteiger partial charge in [0.15, 0.2) is 0 Å². The van der Waals surface area contributed by atoms with E-state index in [-0.39, 0.29) is 0 Å². The first-order valence-electron chi connectivity index (χ1n) is 5.67. The second-order valence-corrected chi connectivity index (χ2v) is 5.88. The van der Waals surface area contributed by atoms with Crippen molar-refractivity contribution in [1.29, 1.82) is 0 Å². The first kappa shape index (κ1) is 14.8. The first-order valence-corrected chi connectivity index (χ1v) is 7.60. The summed E-state index contributed by atoms with van der Waals surface area (Å²) in [4.78, 5) is 0. The highest BCUT2D eigenvalue weighted by molar-refractivity contribution is 6.61. The fraction of sp³-hybridized carbons (Fsp3) is 0.818. The molecule has 0 aromatic carbocycles. The fourth-order valence-corrected chi connectivity index (χ4v) is 4.14. The number of hydrogen-bond donors (Lipinski definition) is 0. The smallest absolute Gasteiger partial charge is 0.374 e. The van der Waals surface area contributed by atoms with E-state index in [1.807, 2.05) is 27.7 Å². The molecule has 0 N–H and O–H groups in total. The van der Waals surface area contributed by atoms with Gasteiger partial charge in [-0.05, 0) is 34.6 Å². The summed E-state index contributed by atoms with van der Waals surface area (Å²) in [7, 11) is -2.45. The van der Waals surface area contributed by atoms with Crippen molar-refractivity contribution in [3.05, 3.63) is 11.6 Å². The lowest BCUT2D eigenvalue weighted by atomic mass is 10.3. The van der Waals surface area contributed by atoms with Crippen LogP contribution in [0.25, 0.3) is 0 Å². The largest absolute Gasteiger partial charge is 0.505 e. The lowest BCUT2D eigenvalue weighted by Crippen LogP contribution is -2.46. The predicted octanol–water partition coefficient (Wildman–Crippen LogP) is 3.00. The molecule has 0 spiro atoms. The third-order valence-corrected chi connectivity index (χ3v) is 5.26. The van der Waals surface area contributed by atoms with Crippen molar-refractivity contribution in [3.63, 3.8) is 0 Å². The highest BCUT2D eigenvalue weighted by Gasteiger charge is 2.40. The van der Waals surface area contributed by atoms with Crippen molar-refractivity contribution < 1.29 is 13.3 Å². The Balaban J connectivity index is 4.59. The molecule has 0 radical (unpaired) electrons. The van der Waals surface area contributed by atoms with Crippen LogP contribution in [0.4, 0.5) is 0 Å². The van der Waals surface area contributed by atoms with Gasteiger partial charge < -0.3 is 13.3 Å². The van der Waals surface area contributed by atoms with Crippen molar-refractivity contribution in [1.82, 2.24) is 0 Å². The van der Waals surface area contributed by atoms with Crippen molar-refractivity contribution >= 4 is 8.80 Å². The van der Waals surface area contributed by atoms with E-state index in [1.165, 1.54) is 5.57 Å². The van der Waals surface area contributed by atoms with Gasteiger partial charge in [0.05, 0.1) is 0 Å². The van der Waals surface area contributed by atoms with Crippen LogP contribution >= 0.6 is 0 Å². The predicted molar refractivity (Wildman–Crippen MR) is 64.9 cm³/mol. The van der Waals surface area contributed by atoms with Gasteiger partial charge in [-0.1, -0.05) is 11.6 Å². The Kier molecular flexibility index (Phi) is 7.96. The fourth-order valence-electron chi connectivity index (χ4n) is 1.38. The Labute approximate surface area is 94.8 Å². The van der Waals surface area contributed by atoms with Gasteiger partial charge in [0.2, 0.25) is 0 Å². The zero-order valence-electron chi connectivity index (χ0n) is 10.6. The Morgan fingerprint density at radius 2 is 1.40 bits per heavy atom. The van der Waals surface area contributed by atoms with Crippen molar-refractivity contribution in [3.8, 4) is 0 Å². The third-order valence-electron chi connectivity index (χ3n) is 2.08. The van der Waals surface area contributed by atoms with Gasteiger partial charge in [-0.15, -0.1) is 0 Å². The summed E-state index contributed by atoms with van der Waals surface area (Å²) >= 11 is 0. The molecule has 0 aliphatic heterocycles. The molecule has 3 nitrogen and oxygen atoms in total. The molecule has 0 unspecified atom stereocenters. The molecule has 15 heavy (non-hydrogen) atoms. The second-order valence-electron chi connectivity index (χ2n) is 3.29. The van der Waals surface area contributed by atoms with Gasteiger partial charge in [0.25, 0.3) is 0 Å². The standard InChI is InChI=1S/C11H24O3Si/c1-6-11(5)10-15(12-7-2,13-8-3)14-9-4/h6H,7-10H2,1-5H3. The molecule has 0 aromatic heterocycles. The maximum atomic E-state index is 5.74. The molecule has 0 heterocycles. The Morgan fingerprint density at radius 1 is 1.00 bits per heavy atom. The molecular formula is C11H24O3Si. The highest BCUT2D eigenvalue weighted by Crippen LogP contribution is 2.20. The number of allylic oxidation sites excluding steroid dienone is 2. The van der Waals surface area contributed by atoms with Crippen LogP contribution in [0.3, 0.4) is 0 Å². The lowest BCUT2D eigenvalue weighted by molar-refractivity contribution is 0.0736. The monoisotopic (exact) mass is 232 g/mol. The van der Waals surface area contributed by atoms with Crippen LogP contribution in [0.2, 0.25) is 6.04 Å². The summed E-state index contributed by atoms with van der Waals surface area (Å²) < 4.78 is 17.2. The van der Waals surface area contributed by atoms with Crippen LogP contribution < -0.4 is 0 Å². The minimum Gasteiger partial charge on any atom is -0.374 e. The van der Waals surface area contributed by atoms with E-state index < -0.39 is 8.80 Å². The SMILES string of the molecule is CC=C(C)C[Si](OCC)(OCC)OCC. The van der Waals surface area contributed by atoms with Crippen LogP contribution in [0, 0.1) is 0 Å². The van der Waals surface area contributed by atoms with E-state index in [0.717, 1.165) is 6.04 Å². The summed E-state index contributed by atoms with van der Waals surface area (Å²) in [5, 5.41) is 0. The number of hydrogen-bond acceptors (Lipinski definition) is 3. The molecule has 0 aromatic rings. The van der Waals surface area contributed by atoms with E-state index in [9.17, 15) is 0 Å². The van der Waals surface area contributed by atoms with E-state index in [4.69, 9.17) is 13.3 Å².